The number of aryl methyl sites for hydroxylation is 1. The number of aromatic nitrogens is 1. The Hall–Kier alpha value is -1.92. The molecular formula is C18H17BrN2O2S. The zero-order valence-electron chi connectivity index (χ0n) is 13.5. The molecule has 0 N–H and O–H groups in total. The van der Waals surface area contributed by atoms with E-state index in [1.54, 1.807) is 4.90 Å². The largest absolute Gasteiger partial charge is 0.484 e. The Morgan fingerprint density at radius 2 is 2.00 bits per heavy atom. The van der Waals surface area contributed by atoms with Crippen LogP contribution in [-0.4, -0.2) is 24.0 Å². The molecule has 0 fully saturated rings. The summed E-state index contributed by atoms with van der Waals surface area (Å²) in [7, 11) is 0. The van der Waals surface area contributed by atoms with Gasteiger partial charge in [0.2, 0.25) is 0 Å². The first-order chi connectivity index (χ1) is 11.6. The Labute approximate surface area is 153 Å². The van der Waals surface area contributed by atoms with Crippen LogP contribution in [0, 0.1) is 6.92 Å². The van der Waals surface area contributed by atoms with Gasteiger partial charge in [-0.15, -0.1) is 0 Å². The summed E-state index contributed by atoms with van der Waals surface area (Å²) in [5.74, 6) is 0.569. The first kappa shape index (κ1) is 16.9. The Morgan fingerprint density at radius 1 is 1.25 bits per heavy atom. The average molecular weight is 405 g/mol. The van der Waals surface area contributed by atoms with Gasteiger partial charge in [-0.05, 0) is 49.7 Å². The van der Waals surface area contributed by atoms with Crippen molar-refractivity contribution >= 4 is 48.5 Å². The van der Waals surface area contributed by atoms with Gasteiger partial charge in [-0.1, -0.05) is 39.4 Å². The third-order valence-corrected chi connectivity index (χ3v) is 5.21. The number of likely N-dealkylation sites (N-methyl/N-ethyl adjacent to an activating group) is 1. The summed E-state index contributed by atoms with van der Waals surface area (Å²) < 4.78 is 7.65. The summed E-state index contributed by atoms with van der Waals surface area (Å²) in [6.45, 7) is 4.52. The molecule has 1 aromatic heterocycles. The lowest BCUT2D eigenvalue weighted by molar-refractivity contribution is -0.120. The second-order valence-electron chi connectivity index (χ2n) is 5.30. The van der Waals surface area contributed by atoms with Gasteiger partial charge in [0.15, 0.2) is 11.7 Å². The molecule has 3 aromatic rings. The fourth-order valence-electron chi connectivity index (χ4n) is 2.36. The van der Waals surface area contributed by atoms with Crippen molar-refractivity contribution in [2.75, 3.05) is 18.1 Å². The summed E-state index contributed by atoms with van der Waals surface area (Å²) in [6.07, 6.45) is 0. The standard InChI is InChI=1S/C18H17BrN2O2S/c1-3-21(16(22)11-23-14-9-7-13(19)8-10-14)18-20-17-12(2)5-4-6-15(17)24-18/h4-10H,3,11H2,1-2H3. The third-order valence-electron chi connectivity index (χ3n) is 3.63. The number of fused-ring (bicyclic) bond motifs is 1. The van der Waals surface area contributed by atoms with E-state index in [4.69, 9.17) is 4.74 Å². The number of anilines is 1. The van der Waals surface area contributed by atoms with Crippen LogP contribution in [0.5, 0.6) is 5.75 Å². The Balaban J connectivity index is 1.75. The van der Waals surface area contributed by atoms with E-state index in [2.05, 4.69) is 20.9 Å². The molecule has 0 saturated heterocycles. The highest BCUT2D eigenvalue weighted by molar-refractivity contribution is 9.10. The lowest BCUT2D eigenvalue weighted by Gasteiger charge is -2.17. The molecule has 2 aromatic carbocycles. The number of ether oxygens (including phenoxy) is 1. The number of carbonyl (C=O) groups excluding carboxylic acids is 1. The van der Waals surface area contributed by atoms with E-state index < -0.39 is 0 Å². The first-order valence-electron chi connectivity index (χ1n) is 7.63. The number of thiazole rings is 1. The number of hydrogen-bond donors (Lipinski definition) is 0. The second-order valence-corrected chi connectivity index (χ2v) is 7.22. The van der Waals surface area contributed by atoms with E-state index in [-0.39, 0.29) is 12.5 Å². The molecule has 124 valence electrons. The summed E-state index contributed by atoms with van der Waals surface area (Å²) in [5, 5.41) is 0.714. The topological polar surface area (TPSA) is 42.4 Å². The average Bonchev–Trinajstić information content (AvgIpc) is 3.00. The van der Waals surface area contributed by atoms with Crippen LogP contribution in [0.15, 0.2) is 46.9 Å². The second kappa shape index (κ2) is 7.32. The van der Waals surface area contributed by atoms with E-state index >= 15 is 0 Å². The maximum absolute atomic E-state index is 12.5. The number of carbonyl (C=O) groups is 1. The van der Waals surface area contributed by atoms with E-state index in [1.807, 2.05) is 56.3 Å². The Morgan fingerprint density at radius 3 is 2.67 bits per heavy atom. The normalized spacial score (nSPS) is 10.8. The smallest absolute Gasteiger partial charge is 0.266 e. The van der Waals surface area contributed by atoms with Crippen LogP contribution in [-0.2, 0) is 4.79 Å². The highest BCUT2D eigenvalue weighted by atomic mass is 79.9. The van der Waals surface area contributed by atoms with Crippen molar-refractivity contribution in [3.8, 4) is 5.75 Å². The summed E-state index contributed by atoms with van der Waals surface area (Å²) in [4.78, 5) is 18.8. The predicted octanol–water partition coefficient (Wildman–Crippen LogP) is 4.80. The lowest BCUT2D eigenvalue weighted by Crippen LogP contribution is -2.34. The molecule has 0 aliphatic carbocycles. The summed E-state index contributed by atoms with van der Waals surface area (Å²) >= 11 is 4.90. The number of nitrogens with zero attached hydrogens (tertiary/aromatic N) is 2. The number of para-hydroxylation sites is 1. The molecule has 0 bridgehead atoms. The number of benzene rings is 2. The van der Waals surface area contributed by atoms with Crippen molar-refractivity contribution in [2.45, 2.75) is 13.8 Å². The summed E-state index contributed by atoms with van der Waals surface area (Å²) in [5.41, 5.74) is 2.07. The van der Waals surface area contributed by atoms with Crippen molar-refractivity contribution in [2.24, 2.45) is 0 Å². The highest BCUT2D eigenvalue weighted by Gasteiger charge is 2.19. The van der Waals surface area contributed by atoms with Gasteiger partial charge >= 0.3 is 0 Å². The summed E-state index contributed by atoms with van der Waals surface area (Å²) in [6, 6.07) is 13.5. The molecule has 4 nitrogen and oxygen atoms in total. The molecule has 0 saturated carbocycles. The number of hydrogen-bond acceptors (Lipinski definition) is 4. The van der Waals surface area contributed by atoms with Crippen LogP contribution in [0.1, 0.15) is 12.5 Å². The number of amides is 1. The Bertz CT molecular complexity index is 861. The van der Waals surface area contributed by atoms with Crippen LogP contribution < -0.4 is 9.64 Å². The SMILES string of the molecule is CCN(C(=O)COc1ccc(Br)cc1)c1nc2c(C)cccc2s1. The van der Waals surface area contributed by atoms with Crippen LogP contribution >= 0.6 is 27.3 Å². The lowest BCUT2D eigenvalue weighted by atomic mass is 10.2. The molecule has 0 aliphatic rings. The fourth-order valence-corrected chi connectivity index (χ4v) is 3.75. The van der Waals surface area contributed by atoms with Crippen molar-refractivity contribution in [3.63, 3.8) is 0 Å². The third kappa shape index (κ3) is 3.60. The first-order valence-corrected chi connectivity index (χ1v) is 9.24. The molecule has 0 spiro atoms. The van der Waals surface area contributed by atoms with Crippen LogP contribution in [0.3, 0.4) is 0 Å². The molecule has 0 aliphatic heterocycles. The van der Waals surface area contributed by atoms with Crippen molar-refractivity contribution in [1.82, 2.24) is 4.98 Å². The molecule has 0 atom stereocenters. The predicted molar refractivity (Wildman–Crippen MR) is 102 cm³/mol. The monoisotopic (exact) mass is 404 g/mol. The molecule has 0 radical (unpaired) electrons. The van der Waals surface area contributed by atoms with Crippen LogP contribution in [0.4, 0.5) is 5.13 Å². The van der Waals surface area contributed by atoms with Crippen LogP contribution in [0.2, 0.25) is 0 Å². The minimum atomic E-state index is -0.0999. The molecule has 0 unspecified atom stereocenters. The maximum Gasteiger partial charge on any atom is 0.266 e. The number of rotatable bonds is 5. The zero-order valence-corrected chi connectivity index (χ0v) is 15.9. The van der Waals surface area contributed by atoms with E-state index in [0.29, 0.717) is 17.4 Å². The minimum Gasteiger partial charge on any atom is -0.484 e. The van der Waals surface area contributed by atoms with E-state index in [0.717, 1.165) is 20.3 Å². The van der Waals surface area contributed by atoms with Crippen molar-refractivity contribution in [3.05, 3.63) is 52.5 Å². The number of halogens is 1. The molecule has 24 heavy (non-hydrogen) atoms. The molecule has 1 amide bonds. The van der Waals surface area contributed by atoms with Gasteiger partial charge in [0, 0.05) is 11.0 Å². The highest BCUT2D eigenvalue weighted by Crippen LogP contribution is 2.30. The Kier molecular flexibility index (Phi) is 5.16. The van der Waals surface area contributed by atoms with Gasteiger partial charge in [-0.3, -0.25) is 9.69 Å². The molecule has 1 heterocycles. The fraction of sp³-hybridized carbons (Fsp3) is 0.222. The van der Waals surface area contributed by atoms with Crippen LogP contribution in [0.25, 0.3) is 10.2 Å². The van der Waals surface area contributed by atoms with Gasteiger partial charge in [-0.25, -0.2) is 4.98 Å². The molecule has 6 heteroatoms. The molecule has 3 rings (SSSR count). The van der Waals surface area contributed by atoms with Crippen molar-refractivity contribution < 1.29 is 9.53 Å². The van der Waals surface area contributed by atoms with Gasteiger partial charge in [-0.2, -0.15) is 0 Å². The van der Waals surface area contributed by atoms with E-state index in [9.17, 15) is 4.79 Å². The van der Waals surface area contributed by atoms with E-state index in [1.165, 1.54) is 11.3 Å². The zero-order chi connectivity index (χ0) is 17.1. The van der Waals surface area contributed by atoms with Gasteiger partial charge in [0.25, 0.3) is 5.91 Å². The maximum atomic E-state index is 12.5. The van der Waals surface area contributed by atoms with Gasteiger partial charge in [0.05, 0.1) is 10.2 Å². The molecular weight excluding hydrogens is 388 g/mol. The van der Waals surface area contributed by atoms with Crippen molar-refractivity contribution in [1.29, 1.82) is 0 Å². The quantitative estimate of drug-likeness (QED) is 0.613. The van der Waals surface area contributed by atoms with Gasteiger partial charge in [0.1, 0.15) is 5.75 Å². The van der Waals surface area contributed by atoms with Gasteiger partial charge < -0.3 is 4.74 Å². The minimum absolute atomic E-state index is 0.00954.